The second-order valence-electron chi connectivity index (χ2n) is 6.15. The van der Waals surface area contributed by atoms with Gasteiger partial charge in [0.1, 0.15) is 5.75 Å². The average Bonchev–Trinajstić information content (AvgIpc) is 2.69. The molecule has 2 amide bonds. The number of rotatable bonds is 4. The van der Waals surface area contributed by atoms with Gasteiger partial charge in [-0.25, -0.2) is 4.79 Å². The SMILES string of the molecule is COc1ccc(NC(=O)N2CCC(C(=O)c3ccccc3)CC2)cc1. The van der Waals surface area contributed by atoms with E-state index in [1.807, 2.05) is 42.5 Å². The number of Topliss-reactive ketones (excluding diaryl/α,β-unsaturated/α-hetero) is 1. The first-order valence-electron chi connectivity index (χ1n) is 8.46. The van der Waals surface area contributed by atoms with E-state index in [-0.39, 0.29) is 17.7 Å². The van der Waals surface area contributed by atoms with Crippen LogP contribution in [0.25, 0.3) is 0 Å². The smallest absolute Gasteiger partial charge is 0.321 e. The molecule has 0 saturated carbocycles. The van der Waals surface area contributed by atoms with E-state index >= 15 is 0 Å². The van der Waals surface area contributed by atoms with Gasteiger partial charge in [0, 0.05) is 30.3 Å². The van der Waals surface area contributed by atoms with Gasteiger partial charge < -0.3 is 15.0 Å². The van der Waals surface area contributed by atoms with Crippen molar-refractivity contribution < 1.29 is 14.3 Å². The fraction of sp³-hybridized carbons (Fsp3) is 0.300. The summed E-state index contributed by atoms with van der Waals surface area (Å²) in [5.74, 6) is 0.918. The number of piperidine rings is 1. The summed E-state index contributed by atoms with van der Waals surface area (Å²) < 4.78 is 5.11. The summed E-state index contributed by atoms with van der Waals surface area (Å²) in [6.07, 6.45) is 1.40. The van der Waals surface area contributed by atoms with Crippen LogP contribution in [0.2, 0.25) is 0 Å². The molecule has 1 heterocycles. The van der Waals surface area contributed by atoms with Gasteiger partial charge in [-0.3, -0.25) is 4.79 Å². The van der Waals surface area contributed by atoms with Crippen LogP contribution in [0.1, 0.15) is 23.2 Å². The van der Waals surface area contributed by atoms with Gasteiger partial charge in [0.25, 0.3) is 0 Å². The number of methoxy groups -OCH3 is 1. The van der Waals surface area contributed by atoms with Crippen molar-refractivity contribution in [3.8, 4) is 5.75 Å². The van der Waals surface area contributed by atoms with Gasteiger partial charge >= 0.3 is 6.03 Å². The number of nitrogens with one attached hydrogen (secondary N) is 1. The number of carbonyl (C=O) groups excluding carboxylic acids is 2. The van der Waals surface area contributed by atoms with E-state index in [2.05, 4.69) is 5.32 Å². The third-order valence-corrected chi connectivity index (χ3v) is 4.55. The Bertz CT molecular complexity index is 720. The fourth-order valence-corrected chi connectivity index (χ4v) is 3.06. The van der Waals surface area contributed by atoms with Crippen LogP contribution in [-0.2, 0) is 0 Å². The number of amides is 2. The van der Waals surface area contributed by atoms with E-state index in [0.29, 0.717) is 25.9 Å². The summed E-state index contributed by atoms with van der Waals surface area (Å²) in [5, 5.41) is 2.89. The Morgan fingerprint density at radius 1 is 1.00 bits per heavy atom. The Balaban J connectivity index is 1.53. The van der Waals surface area contributed by atoms with Crippen LogP contribution in [-0.4, -0.2) is 36.9 Å². The van der Waals surface area contributed by atoms with Crippen molar-refractivity contribution in [3.05, 3.63) is 60.2 Å². The standard InChI is InChI=1S/C20H22N2O3/c1-25-18-9-7-17(8-10-18)21-20(24)22-13-11-16(12-14-22)19(23)15-5-3-2-4-6-15/h2-10,16H,11-14H2,1H3,(H,21,24). The molecule has 1 aliphatic rings. The molecule has 0 atom stereocenters. The molecule has 1 aliphatic heterocycles. The van der Waals surface area contributed by atoms with Gasteiger partial charge in [0.15, 0.2) is 5.78 Å². The van der Waals surface area contributed by atoms with E-state index in [1.54, 1.807) is 24.1 Å². The Morgan fingerprint density at radius 2 is 1.64 bits per heavy atom. The van der Waals surface area contributed by atoms with Gasteiger partial charge in [-0.2, -0.15) is 0 Å². The molecule has 0 bridgehead atoms. The average molecular weight is 338 g/mol. The second kappa shape index (κ2) is 7.83. The minimum absolute atomic E-state index is 0.00700. The quantitative estimate of drug-likeness (QED) is 0.862. The van der Waals surface area contributed by atoms with Crippen LogP contribution in [0.5, 0.6) is 5.75 Å². The van der Waals surface area contributed by atoms with Crippen molar-refractivity contribution in [1.29, 1.82) is 0 Å². The summed E-state index contributed by atoms with van der Waals surface area (Å²) in [6, 6.07) is 16.5. The van der Waals surface area contributed by atoms with Crippen LogP contribution >= 0.6 is 0 Å². The zero-order chi connectivity index (χ0) is 17.6. The first kappa shape index (κ1) is 17.0. The van der Waals surface area contributed by atoms with Crippen LogP contribution < -0.4 is 10.1 Å². The van der Waals surface area contributed by atoms with Gasteiger partial charge in [0.05, 0.1) is 7.11 Å². The highest BCUT2D eigenvalue weighted by atomic mass is 16.5. The molecule has 5 heteroatoms. The molecule has 0 aliphatic carbocycles. The maximum Gasteiger partial charge on any atom is 0.321 e. The Labute approximate surface area is 147 Å². The number of likely N-dealkylation sites (tertiary alicyclic amines) is 1. The number of hydrogen-bond acceptors (Lipinski definition) is 3. The lowest BCUT2D eigenvalue weighted by atomic mass is 9.89. The first-order chi connectivity index (χ1) is 12.2. The maximum atomic E-state index is 12.5. The zero-order valence-electron chi connectivity index (χ0n) is 14.3. The topological polar surface area (TPSA) is 58.6 Å². The zero-order valence-corrected chi connectivity index (χ0v) is 14.3. The molecule has 2 aromatic rings. The monoisotopic (exact) mass is 338 g/mol. The molecule has 2 aromatic carbocycles. The molecular formula is C20H22N2O3. The van der Waals surface area contributed by atoms with Gasteiger partial charge in [-0.1, -0.05) is 30.3 Å². The normalized spacial score (nSPS) is 14.8. The molecule has 1 saturated heterocycles. The summed E-state index contributed by atoms with van der Waals surface area (Å²) in [7, 11) is 1.61. The van der Waals surface area contributed by atoms with Crippen molar-refractivity contribution in [1.82, 2.24) is 4.90 Å². The van der Waals surface area contributed by atoms with Crippen molar-refractivity contribution >= 4 is 17.5 Å². The van der Waals surface area contributed by atoms with Crippen molar-refractivity contribution in [2.45, 2.75) is 12.8 Å². The van der Waals surface area contributed by atoms with E-state index in [1.165, 1.54) is 0 Å². The van der Waals surface area contributed by atoms with Gasteiger partial charge in [0.2, 0.25) is 0 Å². The lowest BCUT2D eigenvalue weighted by Gasteiger charge is -2.31. The van der Waals surface area contributed by atoms with Crippen molar-refractivity contribution in [2.24, 2.45) is 5.92 Å². The van der Waals surface area contributed by atoms with E-state index < -0.39 is 0 Å². The molecule has 1 N–H and O–H groups in total. The highest BCUT2D eigenvalue weighted by Crippen LogP contribution is 2.23. The van der Waals surface area contributed by atoms with Crippen molar-refractivity contribution in [3.63, 3.8) is 0 Å². The highest BCUT2D eigenvalue weighted by Gasteiger charge is 2.27. The third kappa shape index (κ3) is 4.18. The van der Waals surface area contributed by atoms with Crippen LogP contribution in [0.3, 0.4) is 0 Å². The lowest BCUT2D eigenvalue weighted by Crippen LogP contribution is -2.42. The molecule has 0 aromatic heterocycles. The fourth-order valence-electron chi connectivity index (χ4n) is 3.06. The van der Waals surface area contributed by atoms with Gasteiger partial charge in [-0.05, 0) is 37.1 Å². The summed E-state index contributed by atoms with van der Waals surface area (Å²) >= 11 is 0. The molecule has 5 nitrogen and oxygen atoms in total. The number of nitrogens with zero attached hydrogens (tertiary/aromatic N) is 1. The molecule has 25 heavy (non-hydrogen) atoms. The second-order valence-corrected chi connectivity index (χ2v) is 6.15. The number of ketones is 1. The number of anilines is 1. The largest absolute Gasteiger partial charge is 0.497 e. The number of carbonyl (C=O) groups is 2. The van der Waals surface area contributed by atoms with E-state index in [0.717, 1.165) is 17.0 Å². The summed E-state index contributed by atoms with van der Waals surface area (Å²) in [4.78, 5) is 26.6. The Hall–Kier alpha value is -2.82. The number of benzene rings is 2. The highest BCUT2D eigenvalue weighted by molar-refractivity contribution is 5.98. The van der Waals surface area contributed by atoms with E-state index in [9.17, 15) is 9.59 Å². The molecule has 0 radical (unpaired) electrons. The van der Waals surface area contributed by atoms with Crippen molar-refractivity contribution in [2.75, 3.05) is 25.5 Å². The molecule has 130 valence electrons. The number of hydrogen-bond donors (Lipinski definition) is 1. The maximum absolute atomic E-state index is 12.5. The summed E-state index contributed by atoms with van der Waals surface area (Å²) in [6.45, 7) is 1.18. The van der Waals surface area contributed by atoms with Crippen LogP contribution in [0, 0.1) is 5.92 Å². The Kier molecular flexibility index (Phi) is 5.33. The molecule has 0 unspecified atom stereocenters. The first-order valence-corrected chi connectivity index (χ1v) is 8.46. The van der Waals surface area contributed by atoms with Gasteiger partial charge in [-0.15, -0.1) is 0 Å². The third-order valence-electron chi connectivity index (χ3n) is 4.55. The molecule has 1 fully saturated rings. The minimum atomic E-state index is -0.129. The molecule has 0 spiro atoms. The molecular weight excluding hydrogens is 316 g/mol. The lowest BCUT2D eigenvalue weighted by molar-refractivity contribution is 0.0859. The minimum Gasteiger partial charge on any atom is -0.497 e. The predicted octanol–water partition coefficient (Wildman–Crippen LogP) is 3.82. The molecule has 3 rings (SSSR count). The summed E-state index contributed by atoms with van der Waals surface area (Å²) in [5.41, 5.74) is 1.48. The number of ether oxygens (including phenoxy) is 1. The predicted molar refractivity (Wildman–Crippen MR) is 97.1 cm³/mol. The van der Waals surface area contributed by atoms with E-state index in [4.69, 9.17) is 4.74 Å². The van der Waals surface area contributed by atoms with Crippen LogP contribution in [0.15, 0.2) is 54.6 Å². The number of urea groups is 1. The Morgan fingerprint density at radius 3 is 2.24 bits per heavy atom. The van der Waals surface area contributed by atoms with Crippen LogP contribution in [0.4, 0.5) is 10.5 Å².